The van der Waals surface area contributed by atoms with Gasteiger partial charge < -0.3 is 14.7 Å². The van der Waals surface area contributed by atoms with Crippen molar-refractivity contribution in [3.05, 3.63) is 29.8 Å². The number of likely N-dealkylation sites (N-methyl/N-ethyl adjacent to an activating group) is 1. The summed E-state index contributed by atoms with van der Waals surface area (Å²) in [5.74, 6) is 1.56. The number of hydrogen-bond donors (Lipinski definition) is 0. The third-order valence-electron chi connectivity index (χ3n) is 6.26. The number of rotatable bonds is 5. The van der Waals surface area contributed by atoms with Crippen LogP contribution in [-0.2, 0) is 4.79 Å². The molecular formula is C21H31N7O. The minimum Gasteiger partial charge on any atom is -0.340 e. The summed E-state index contributed by atoms with van der Waals surface area (Å²) in [7, 11) is 0. The van der Waals surface area contributed by atoms with Gasteiger partial charge in [0.2, 0.25) is 11.9 Å². The molecule has 0 radical (unpaired) electrons. The Morgan fingerprint density at radius 3 is 2.38 bits per heavy atom. The highest BCUT2D eigenvalue weighted by Crippen LogP contribution is 2.26. The number of piperazine rings is 1. The van der Waals surface area contributed by atoms with E-state index in [0.29, 0.717) is 18.2 Å². The minimum atomic E-state index is 0.323. The van der Waals surface area contributed by atoms with Crippen LogP contribution in [0.5, 0.6) is 0 Å². The Balaban J connectivity index is 1.31. The van der Waals surface area contributed by atoms with Crippen LogP contribution in [0.2, 0.25) is 0 Å². The molecule has 29 heavy (non-hydrogen) atoms. The zero-order valence-corrected chi connectivity index (χ0v) is 17.5. The van der Waals surface area contributed by atoms with Crippen molar-refractivity contribution in [3.8, 4) is 5.69 Å². The van der Waals surface area contributed by atoms with Crippen LogP contribution in [0, 0.1) is 12.8 Å². The zero-order chi connectivity index (χ0) is 20.2. The van der Waals surface area contributed by atoms with Crippen LogP contribution < -0.4 is 4.90 Å². The van der Waals surface area contributed by atoms with Gasteiger partial charge in [-0.1, -0.05) is 29.7 Å². The Kier molecular flexibility index (Phi) is 6.08. The van der Waals surface area contributed by atoms with Crippen LogP contribution in [0.3, 0.4) is 0 Å². The van der Waals surface area contributed by atoms with E-state index >= 15 is 0 Å². The third kappa shape index (κ3) is 4.58. The molecule has 0 spiro atoms. The molecule has 3 heterocycles. The van der Waals surface area contributed by atoms with Crippen LogP contribution in [-0.4, -0.2) is 81.7 Å². The van der Waals surface area contributed by atoms with E-state index in [-0.39, 0.29) is 0 Å². The van der Waals surface area contributed by atoms with Gasteiger partial charge in [-0.2, -0.15) is 4.68 Å². The van der Waals surface area contributed by atoms with E-state index < -0.39 is 0 Å². The summed E-state index contributed by atoms with van der Waals surface area (Å²) < 4.78 is 1.80. The maximum Gasteiger partial charge on any atom is 0.250 e. The molecule has 2 saturated heterocycles. The lowest BCUT2D eigenvalue weighted by Crippen LogP contribution is -2.49. The molecule has 8 nitrogen and oxygen atoms in total. The molecule has 0 aliphatic carbocycles. The number of anilines is 1. The smallest absolute Gasteiger partial charge is 0.250 e. The lowest BCUT2D eigenvalue weighted by atomic mass is 9.93. The van der Waals surface area contributed by atoms with Crippen molar-refractivity contribution in [1.82, 2.24) is 30.0 Å². The SMILES string of the molecule is CCN1CCN(C(=O)CC2CCN(c3nnnn3-c3ccc(C)cc3)CC2)CC1. The summed E-state index contributed by atoms with van der Waals surface area (Å²) in [5.41, 5.74) is 2.18. The standard InChI is InChI=1S/C21H31N7O/c1-3-25-12-14-26(15-13-25)20(29)16-18-8-10-27(11-9-18)21-22-23-24-28(21)19-6-4-17(2)5-7-19/h4-7,18H,3,8-16H2,1-2H3. The molecule has 2 aromatic rings. The molecule has 2 aliphatic rings. The predicted molar refractivity (Wildman–Crippen MR) is 112 cm³/mol. The molecule has 0 atom stereocenters. The van der Waals surface area contributed by atoms with E-state index in [2.05, 4.69) is 56.2 Å². The number of hydrogen-bond acceptors (Lipinski definition) is 6. The van der Waals surface area contributed by atoms with Crippen LogP contribution in [0.25, 0.3) is 5.69 Å². The fourth-order valence-electron chi connectivity index (χ4n) is 4.26. The first kappa shape index (κ1) is 19.8. The molecule has 156 valence electrons. The van der Waals surface area contributed by atoms with E-state index in [9.17, 15) is 4.79 Å². The normalized spacial score (nSPS) is 19.0. The average molecular weight is 398 g/mol. The van der Waals surface area contributed by atoms with E-state index in [1.165, 1.54) is 5.56 Å². The largest absolute Gasteiger partial charge is 0.340 e. The number of amides is 1. The summed E-state index contributed by atoms with van der Waals surface area (Å²) in [6.45, 7) is 10.8. The maximum absolute atomic E-state index is 12.7. The number of nitrogens with zero attached hydrogens (tertiary/aromatic N) is 7. The van der Waals surface area contributed by atoms with Gasteiger partial charge >= 0.3 is 0 Å². The summed E-state index contributed by atoms with van der Waals surface area (Å²) >= 11 is 0. The Hall–Kier alpha value is -2.48. The quantitative estimate of drug-likeness (QED) is 0.765. The molecule has 1 amide bonds. The highest BCUT2D eigenvalue weighted by Gasteiger charge is 2.27. The second-order valence-corrected chi connectivity index (χ2v) is 8.18. The van der Waals surface area contributed by atoms with Gasteiger partial charge in [-0.25, -0.2) is 0 Å². The van der Waals surface area contributed by atoms with Crippen LogP contribution in [0.4, 0.5) is 5.95 Å². The van der Waals surface area contributed by atoms with Crippen LogP contribution in [0.15, 0.2) is 24.3 Å². The van der Waals surface area contributed by atoms with Crippen LogP contribution >= 0.6 is 0 Å². The van der Waals surface area contributed by atoms with Crippen molar-refractivity contribution in [2.75, 3.05) is 50.7 Å². The first-order chi connectivity index (χ1) is 14.1. The van der Waals surface area contributed by atoms with Crippen molar-refractivity contribution in [3.63, 3.8) is 0 Å². The Morgan fingerprint density at radius 2 is 1.72 bits per heavy atom. The average Bonchev–Trinajstić information content (AvgIpc) is 3.25. The molecule has 0 saturated carbocycles. The topological polar surface area (TPSA) is 70.4 Å². The van der Waals surface area contributed by atoms with Crippen molar-refractivity contribution in [1.29, 1.82) is 0 Å². The number of carbonyl (C=O) groups excluding carboxylic acids is 1. The molecular weight excluding hydrogens is 366 g/mol. The highest BCUT2D eigenvalue weighted by molar-refractivity contribution is 5.76. The number of benzene rings is 1. The second kappa shape index (κ2) is 8.90. The van der Waals surface area contributed by atoms with Gasteiger partial charge in [0.15, 0.2) is 0 Å². The van der Waals surface area contributed by atoms with Crippen molar-refractivity contribution in [2.45, 2.75) is 33.1 Å². The fraction of sp³-hybridized carbons (Fsp3) is 0.619. The summed E-state index contributed by atoms with van der Waals surface area (Å²) in [6, 6.07) is 8.22. The molecule has 2 aliphatic heterocycles. The molecule has 4 rings (SSSR count). The van der Waals surface area contributed by atoms with E-state index in [4.69, 9.17) is 0 Å². The van der Waals surface area contributed by atoms with Gasteiger partial charge in [0, 0.05) is 45.7 Å². The van der Waals surface area contributed by atoms with Gasteiger partial charge in [-0.05, 0) is 54.8 Å². The summed E-state index contributed by atoms with van der Waals surface area (Å²) in [4.78, 5) is 19.4. The first-order valence-electron chi connectivity index (χ1n) is 10.7. The van der Waals surface area contributed by atoms with Crippen LogP contribution in [0.1, 0.15) is 31.7 Å². The number of aryl methyl sites for hydroxylation is 1. The van der Waals surface area contributed by atoms with E-state index in [0.717, 1.165) is 70.3 Å². The zero-order valence-electron chi connectivity index (χ0n) is 17.5. The molecule has 0 N–H and O–H groups in total. The van der Waals surface area contributed by atoms with Crippen molar-refractivity contribution in [2.24, 2.45) is 5.92 Å². The van der Waals surface area contributed by atoms with Gasteiger partial charge in [0.05, 0.1) is 5.69 Å². The monoisotopic (exact) mass is 397 g/mol. The lowest BCUT2D eigenvalue weighted by Gasteiger charge is -2.36. The second-order valence-electron chi connectivity index (χ2n) is 8.18. The Bertz CT molecular complexity index is 803. The van der Waals surface area contributed by atoms with Gasteiger partial charge in [-0.3, -0.25) is 4.79 Å². The fourth-order valence-corrected chi connectivity index (χ4v) is 4.26. The Labute approximate surface area is 172 Å². The van der Waals surface area contributed by atoms with Crippen molar-refractivity contribution < 1.29 is 4.79 Å². The predicted octanol–water partition coefficient (Wildman–Crippen LogP) is 1.74. The number of piperidine rings is 1. The maximum atomic E-state index is 12.7. The molecule has 2 fully saturated rings. The van der Waals surface area contributed by atoms with E-state index in [1.807, 2.05) is 12.1 Å². The van der Waals surface area contributed by atoms with Crippen molar-refractivity contribution >= 4 is 11.9 Å². The highest BCUT2D eigenvalue weighted by atomic mass is 16.2. The number of aromatic nitrogens is 4. The molecule has 0 unspecified atom stereocenters. The summed E-state index contributed by atoms with van der Waals surface area (Å²) in [5, 5.41) is 12.3. The minimum absolute atomic E-state index is 0.323. The molecule has 1 aromatic carbocycles. The van der Waals surface area contributed by atoms with E-state index in [1.54, 1.807) is 4.68 Å². The molecule has 8 heteroatoms. The third-order valence-corrected chi connectivity index (χ3v) is 6.26. The summed E-state index contributed by atoms with van der Waals surface area (Å²) in [6.07, 6.45) is 2.67. The number of carbonyl (C=O) groups is 1. The molecule has 1 aromatic heterocycles. The van der Waals surface area contributed by atoms with Gasteiger partial charge in [0.25, 0.3) is 0 Å². The lowest BCUT2D eigenvalue weighted by molar-refractivity contribution is -0.134. The number of tetrazole rings is 1. The molecule has 0 bridgehead atoms. The van der Waals surface area contributed by atoms with Gasteiger partial charge in [-0.15, -0.1) is 0 Å². The first-order valence-corrected chi connectivity index (χ1v) is 10.7. The van der Waals surface area contributed by atoms with Gasteiger partial charge in [0.1, 0.15) is 0 Å². The Morgan fingerprint density at radius 1 is 1.03 bits per heavy atom.